The number of halogens is 1. The maximum atomic E-state index is 13.7. The first kappa shape index (κ1) is 15.7. The molecule has 1 aromatic heterocycles. The number of nitrogens with zero attached hydrogens (tertiary/aromatic N) is 2. The molecular weight excluding hydrogens is 293 g/mol. The van der Waals surface area contributed by atoms with Crippen molar-refractivity contribution in [1.82, 2.24) is 10.3 Å². The molecule has 1 aliphatic rings. The van der Waals surface area contributed by atoms with E-state index in [2.05, 4.69) is 15.2 Å². The molecule has 1 aliphatic heterocycles. The van der Waals surface area contributed by atoms with E-state index in [1.54, 1.807) is 6.07 Å². The number of hydrogen-bond donors (Lipinski definition) is 1. The largest absolute Gasteiger partial charge is 0.494 e. The van der Waals surface area contributed by atoms with Crippen LogP contribution in [0.25, 0.3) is 0 Å². The second kappa shape index (κ2) is 7.42. The van der Waals surface area contributed by atoms with Crippen molar-refractivity contribution in [2.75, 3.05) is 25.1 Å². The van der Waals surface area contributed by atoms with Gasteiger partial charge in [-0.25, -0.2) is 9.37 Å². The standard InChI is InChI=1S/C18H22FN3O/c1-23-17-6-5-14(12-16(17)19)13-21-15-7-10-22(11-8-15)18-4-2-3-9-20-18/h2-6,9,12,15,21H,7-8,10-11,13H2,1H3. The van der Waals surface area contributed by atoms with Gasteiger partial charge in [-0.1, -0.05) is 12.1 Å². The van der Waals surface area contributed by atoms with Gasteiger partial charge in [-0.3, -0.25) is 0 Å². The second-order valence-electron chi connectivity index (χ2n) is 5.80. The molecule has 23 heavy (non-hydrogen) atoms. The molecule has 2 heterocycles. The van der Waals surface area contributed by atoms with Gasteiger partial charge in [0.25, 0.3) is 0 Å². The van der Waals surface area contributed by atoms with Crippen molar-refractivity contribution in [3.8, 4) is 5.75 Å². The SMILES string of the molecule is COc1ccc(CNC2CCN(c3ccccn3)CC2)cc1F. The average molecular weight is 315 g/mol. The van der Waals surface area contributed by atoms with E-state index >= 15 is 0 Å². The number of aromatic nitrogens is 1. The molecule has 1 fully saturated rings. The summed E-state index contributed by atoms with van der Waals surface area (Å²) < 4.78 is 18.6. The van der Waals surface area contributed by atoms with Gasteiger partial charge in [-0.15, -0.1) is 0 Å². The van der Waals surface area contributed by atoms with Crippen LogP contribution >= 0.6 is 0 Å². The molecule has 3 rings (SSSR count). The highest BCUT2D eigenvalue weighted by Gasteiger charge is 2.19. The Labute approximate surface area is 136 Å². The van der Waals surface area contributed by atoms with Crippen molar-refractivity contribution in [1.29, 1.82) is 0 Å². The highest BCUT2D eigenvalue weighted by atomic mass is 19.1. The molecule has 0 amide bonds. The van der Waals surface area contributed by atoms with Crippen molar-refractivity contribution < 1.29 is 9.13 Å². The minimum Gasteiger partial charge on any atom is -0.494 e. The summed E-state index contributed by atoms with van der Waals surface area (Å²) in [6, 6.07) is 11.6. The molecule has 1 aromatic carbocycles. The fraction of sp³-hybridized carbons (Fsp3) is 0.389. The number of anilines is 1. The second-order valence-corrected chi connectivity index (χ2v) is 5.80. The molecule has 0 radical (unpaired) electrons. The van der Waals surface area contributed by atoms with Crippen LogP contribution in [0.4, 0.5) is 10.2 Å². The predicted molar refractivity (Wildman–Crippen MR) is 89.3 cm³/mol. The van der Waals surface area contributed by atoms with Gasteiger partial charge in [0.15, 0.2) is 11.6 Å². The van der Waals surface area contributed by atoms with Crippen molar-refractivity contribution in [3.63, 3.8) is 0 Å². The van der Waals surface area contributed by atoms with Gasteiger partial charge in [-0.05, 0) is 42.7 Å². The Bertz CT molecular complexity index is 627. The summed E-state index contributed by atoms with van der Waals surface area (Å²) in [5.74, 6) is 1.03. The molecule has 0 bridgehead atoms. The molecule has 122 valence electrons. The summed E-state index contributed by atoms with van der Waals surface area (Å²) >= 11 is 0. The number of pyridine rings is 1. The maximum Gasteiger partial charge on any atom is 0.165 e. The number of ether oxygens (including phenoxy) is 1. The zero-order valence-corrected chi connectivity index (χ0v) is 13.3. The van der Waals surface area contributed by atoms with Crippen LogP contribution in [0.3, 0.4) is 0 Å². The number of rotatable bonds is 5. The first-order valence-corrected chi connectivity index (χ1v) is 7.98. The number of benzene rings is 1. The Balaban J connectivity index is 1.48. The van der Waals surface area contributed by atoms with E-state index < -0.39 is 0 Å². The monoisotopic (exact) mass is 315 g/mol. The molecule has 0 saturated carbocycles. The highest BCUT2D eigenvalue weighted by Crippen LogP contribution is 2.19. The average Bonchev–Trinajstić information content (AvgIpc) is 2.61. The fourth-order valence-electron chi connectivity index (χ4n) is 2.94. The van der Waals surface area contributed by atoms with Gasteiger partial charge < -0.3 is 15.0 Å². The topological polar surface area (TPSA) is 37.4 Å². The summed E-state index contributed by atoms with van der Waals surface area (Å²) in [7, 11) is 1.48. The van der Waals surface area contributed by atoms with Crippen LogP contribution in [0.15, 0.2) is 42.6 Å². The van der Waals surface area contributed by atoms with E-state index in [0.29, 0.717) is 12.6 Å². The molecule has 1 N–H and O–H groups in total. The molecule has 5 heteroatoms. The van der Waals surface area contributed by atoms with E-state index in [9.17, 15) is 4.39 Å². The smallest absolute Gasteiger partial charge is 0.165 e. The van der Waals surface area contributed by atoms with E-state index in [0.717, 1.165) is 37.3 Å². The lowest BCUT2D eigenvalue weighted by Gasteiger charge is -2.33. The van der Waals surface area contributed by atoms with Crippen molar-refractivity contribution in [2.24, 2.45) is 0 Å². The minimum absolute atomic E-state index is 0.289. The van der Waals surface area contributed by atoms with Crippen LogP contribution in [-0.4, -0.2) is 31.2 Å². The van der Waals surface area contributed by atoms with Crippen LogP contribution in [0, 0.1) is 5.82 Å². The van der Waals surface area contributed by atoms with Crippen molar-refractivity contribution in [3.05, 3.63) is 54.0 Å². The summed E-state index contributed by atoms with van der Waals surface area (Å²) in [4.78, 5) is 6.71. The number of methoxy groups -OCH3 is 1. The minimum atomic E-state index is -0.309. The fourth-order valence-corrected chi connectivity index (χ4v) is 2.94. The van der Waals surface area contributed by atoms with E-state index in [1.165, 1.54) is 13.2 Å². The normalized spacial score (nSPS) is 15.7. The first-order chi connectivity index (χ1) is 11.3. The summed E-state index contributed by atoms with van der Waals surface area (Å²) in [6.45, 7) is 2.66. The predicted octanol–water partition coefficient (Wildman–Crippen LogP) is 2.99. The lowest BCUT2D eigenvalue weighted by Crippen LogP contribution is -2.42. The van der Waals surface area contributed by atoms with Crippen LogP contribution in [0.1, 0.15) is 18.4 Å². The number of hydrogen-bond acceptors (Lipinski definition) is 4. The highest BCUT2D eigenvalue weighted by molar-refractivity contribution is 5.38. The third-order valence-electron chi connectivity index (χ3n) is 4.28. The molecule has 0 atom stereocenters. The number of piperidine rings is 1. The molecule has 2 aromatic rings. The molecule has 0 spiro atoms. The van der Waals surface area contributed by atoms with E-state index in [4.69, 9.17) is 4.74 Å². The molecule has 4 nitrogen and oxygen atoms in total. The van der Waals surface area contributed by atoms with Gasteiger partial charge in [-0.2, -0.15) is 0 Å². The molecule has 0 aliphatic carbocycles. The number of nitrogens with one attached hydrogen (secondary N) is 1. The van der Waals surface area contributed by atoms with Gasteiger partial charge in [0.1, 0.15) is 5.82 Å². The van der Waals surface area contributed by atoms with Crippen molar-refractivity contribution in [2.45, 2.75) is 25.4 Å². The zero-order valence-electron chi connectivity index (χ0n) is 13.3. The quantitative estimate of drug-likeness (QED) is 0.920. The Morgan fingerprint density at radius 1 is 1.26 bits per heavy atom. The Kier molecular flexibility index (Phi) is 5.08. The van der Waals surface area contributed by atoms with Gasteiger partial charge >= 0.3 is 0 Å². The zero-order chi connectivity index (χ0) is 16.1. The van der Waals surface area contributed by atoms with Crippen LogP contribution in [0.2, 0.25) is 0 Å². The van der Waals surface area contributed by atoms with E-state index in [-0.39, 0.29) is 11.6 Å². The van der Waals surface area contributed by atoms with Gasteiger partial charge in [0.05, 0.1) is 7.11 Å². The first-order valence-electron chi connectivity index (χ1n) is 7.98. The van der Waals surface area contributed by atoms with E-state index in [1.807, 2.05) is 30.5 Å². The Morgan fingerprint density at radius 3 is 2.74 bits per heavy atom. The molecular formula is C18H22FN3O. The Morgan fingerprint density at radius 2 is 2.09 bits per heavy atom. The van der Waals surface area contributed by atoms with Crippen LogP contribution in [-0.2, 0) is 6.54 Å². The lowest BCUT2D eigenvalue weighted by atomic mass is 10.0. The van der Waals surface area contributed by atoms with Crippen molar-refractivity contribution >= 4 is 5.82 Å². The third-order valence-corrected chi connectivity index (χ3v) is 4.28. The van der Waals surface area contributed by atoms with Gasteiger partial charge in [0, 0.05) is 31.9 Å². The summed E-state index contributed by atoms with van der Waals surface area (Å²) in [5, 5.41) is 3.52. The maximum absolute atomic E-state index is 13.7. The molecule has 1 saturated heterocycles. The third kappa shape index (κ3) is 3.99. The summed E-state index contributed by atoms with van der Waals surface area (Å²) in [5.41, 5.74) is 0.940. The Hall–Kier alpha value is -2.14. The van der Waals surface area contributed by atoms with Crippen LogP contribution in [0.5, 0.6) is 5.75 Å². The molecule has 0 unspecified atom stereocenters. The lowest BCUT2D eigenvalue weighted by molar-refractivity contribution is 0.385. The summed E-state index contributed by atoms with van der Waals surface area (Å²) in [6.07, 6.45) is 3.96. The van der Waals surface area contributed by atoms with Gasteiger partial charge in [0.2, 0.25) is 0 Å². The van der Waals surface area contributed by atoms with Crippen LogP contribution < -0.4 is 15.0 Å².